The summed E-state index contributed by atoms with van der Waals surface area (Å²) >= 11 is 0. The molecule has 0 spiro atoms. The number of benzene rings is 4. The van der Waals surface area contributed by atoms with Gasteiger partial charge in [0, 0.05) is 10.9 Å². The molecule has 1 heteroatoms. The predicted octanol–water partition coefficient (Wildman–Crippen LogP) is 6.60. The summed E-state index contributed by atoms with van der Waals surface area (Å²) in [5, 5.41) is 1.18. The Kier molecular flexibility index (Phi) is 3.45. The molecular formula is C28H19N. The third-order valence-electron chi connectivity index (χ3n) is 6.13. The molecule has 0 bridgehead atoms. The van der Waals surface area contributed by atoms with Crippen molar-refractivity contribution >= 4 is 10.9 Å². The summed E-state index contributed by atoms with van der Waals surface area (Å²) in [4.78, 5) is 5.14. The molecule has 0 aliphatic heterocycles. The highest BCUT2D eigenvalue weighted by atomic mass is 14.7. The zero-order chi connectivity index (χ0) is 19.3. The van der Waals surface area contributed by atoms with E-state index in [0.717, 1.165) is 11.2 Å². The summed E-state index contributed by atoms with van der Waals surface area (Å²) in [5.41, 5.74) is 8.09. The van der Waals surface area contributed by atoms with Crippen LogP contribution in [-0.2, 0) is 5.41 Å². The molecule has 0 fully saturated rings. The zero-order valence-electron chi connectivity index (χ0n) is 15.9. The van der Waals surface area contributed by atoms with Crippen molar-refractivity contribution in [2.45, 2.75) is 5.41 Å². The van der Waals surface area contributed by atoms with E-state index in [2.05, 4.69) is 115 Å². The highest BCUT2D eigenvalue weighted by molar-refractivity contribution is 5.91. The van der Waals surface area contributed by atoms with Gasteiger partial charge in [-0.25, -0.2) is 4.98 Å². The fourth-order valence-electron chi connectivity index (χ4n) is 4.93. The first-order chi connectivity index (χ1) is 14.4. The molecule has 0 saturated heterocycles. The standard InChI is InChI=1S/C28H19N/c1-3-12-21(13-4-1)28(22-14-5-2-6-15-22)24-17-9-8-16-23(24)27-25(28)19-20-11-7-10-18-26(20)29-27/h1-19H. The maximum Gasteiger partial charge on any atom is 0.0760 e. The molecular weight excluding hydrogens is 350 g/mol. The number of hydrogen-bond acceptors (Lipinski definition) is 1. The van der Waals surface area contributed by atoms with Crippen LogP contribution >= 0.6 is 0 Å². The maximum atomic E-state index is 5.14. The molecule has 1 aliphatic carbocycles. The molecule has 29 heavy (non-hydrogen) atoms. The monoisotopic (exact) mass is 369 g/mol. The van der Waals surface area contributed by atoms with Crippen LogP contribution in [0.3, 0.4) is 0 Å². The van der Waals surface area contributed by atoms with Crippen LogP contribution in [0.15, 0.2) is 115 Å². The van der Waals surface area contributed by atoms with Crippen molar-refractivity contribution in [2.75, 3.05) is 0 Å². The van der Waals surface area contributed by atoms with Gasteiger partial charge in [0.1, 0.15) is 0 Å². The third-order valence-corrected chi connectivity index (χ3v) is 6.13. The smallest absolute Gasteiger partial charge is 0.0760 e. The van der Waals surface area contributed by atoms with Crippen LogP contribution in [0.4, 0.5) is 0 Å². The van der Waals surface area contributed by atoms with E-state index < -0.39 is 0 Å². The maximum absolute atomic E-state index is 5.14. The van der Waals surface area contributed by atoms with Gasteiger partial charge in [-0.15, -0.1) is 0 Å². The van der Waals surface area contributed by atoms with Gasteiger partial charge in [0.05, 0.1) is 16.6 Å². The molecule has 6 rings (SSSR count). The number of hydrogen-bond donors (Lipinski definition) is 0. The van der Waals surface area contributed by atoms with E-state index >= 15 is 0 Å². The molecule has 1 aliphatic rings. The number of pyridine rings is 1. The Morgan fingerprint density at radius 2 is 1.10 bits per heavy atom. The van der Waals surface area contributed by atoms with E-state index in [1.165, 1.54) is 33.2 Å². The van der Waals surface area contributed by atoms with Gasteiger partial charge in [-0.05, 0) is 34.4 Å². The van der Waals surface area contributed by atoms with Gasteiger partial charge in [-0.1, -0.05) is 103 Å². The lowest BCUT2D eigenvalue weighted by Gasteiger charge is -2.33. The molecule has 0 saturated carbocycles. The second-order valence-corrected chi connectivity index (χ2v) is 7.60. The molecule has 0 unspecified atom stereocenters. The number of rotatable bonds is 2. The average Bonchev–Trinajstić information content (AvgIpc) is 3.09. The number of nitrogens with zero attached hydrogens (tertiary/aromatic N) is 1. The number of aromatic nitrogens is 1. The molecule has 4 aromatic carbocycles. The first-order valence-corrected chi connectivity index (χ1v) is 10.0. The van der Waals surface area contributed by atoms with Gasteiger partial charge in [0.15, 0.2) is 0 Å². The van der Waals surface area contributed by atoms with Crippen molar-refractivity contribution in [1.29, 1.82) is 0 Å². The first-order valence-electron chi connectivity index (χ1n) is 10.0. The Morgan fingerprint density at radius 1 is 0.517 bits per heavy atom. The van der Waals surface area contributed by atoms with Gasteiger partial charge >= 0.3 is 0 Å². The second-order valence-electron chi connectivity index (χ2n) is 7.60. The molecule has 1 nitrogen and oxygen atoms in total. The summed E-state index contributed by atoms with van der Waals surface area (Å²) in [5.74, 6) is 0. The van der Waals surface area contributed by atoms with Gasteiger partial charge < -0.3 is 0 Å². The molecule has 5 aromatic rings. The minimum atomic E-state index is -0.370. The van der Waals surface area contributed by atoms with Crippen molar-refractivity contribution in [2.24, 2.45) is 0 Å². The van der Waals surface area contributed by atoms with Crippen LogP contribution in [0, 0.1) is 0 Å². The van der Waals surface area contributed by atoms with Crippen LogP contribution in [0.5, 0.6) is 0 Å². The zero-order valence-corrected chi connectivity index (χ0v) is 15.9. The van der Waals surface area contributed by atoms with E-state index in [4.69, 9.17) is 4.98 Å². The average molecular weight is 369 g/mol. The molecule has 0 radical (unpaired) electrons. The molecule has 0 atom stereocenters. The second kappa shape index (κ2) is 6.15. The molecule has 1 aromatic heterocycles. The SMILES string of the molecule is c1ccc(C2(c3ccccc3)c3ccccc3-c3nc4ccccc4cc32)cc1. The Balaban J connectivity index is 1.83. The minimum Gasteiger partial charge on any atom is -0.247 e. The predicted molar refractivity (Wildman–Crippen MR) is 119 cm³/mol. The van der Waals surface area contributed by atoms with Gasteiger partial charge in [0.25, 0.3) is 0 Å². The topological polar surface area (TPSA) is 12.9 Å². The van der Waals surface area contributed by atoms with Gasteiger partial charge in [0.2, 0.25) is 0 Å². The van der Waals surface area contributed by atoms with E-state index in [1.54, 1.807) is 0 Å². The third kappa shape index (κ3) is 2.19. The van der Waals surface area contributed by atoms with Crippen LogP contribution in [0.1, 0.15) is 22.3 Å². The Hall–Kier alpha value is -3.71. The molecule has 0 N–H and O–H groups in total. The van der Waals surface area contributed by atoms with E-state index in [1.807, 2.05) is 0 Å². The summed E-state index contributed by atoms with van der Waals surface area (Å²) in [6.45, 7) is 0. The van der Waals surface area contributed by atoms with E-state index in [-0.39, 0.29) is 5.41 Å². The fourth-order valence-corrected chi connectivity index (χ4v) is 4.93. The van der Waals surface area contributed by atoms with Crippen molar-refractivity contribution in [3.8, 4) is 11.3 Å². The molecule has 136 valence electrons. The molecule has 1 heterocycles. The lowest BCUT2D eigenvalue weighted by molar-refractivity contribution is 0.768. The highest BCUT2D eigenvalue weighted by Crippen LogP contribution is 2.55. The summed E-state index contributed by atoms with van der Waals surface area (Å²) < 4.78 is 0. The highest BCUT2D eigenvalue weighted by Gasteiger charge is 2.46. The lowest BCUT2D eigenvalue weighted by atomic mass is 9.68. The Labute approximate surface area is 170 Å². The van der Waals surface area contributed by atoms with Crippen molar-refractivity contribution in [1.82, 2.24) is 4.98 Å². The Morgan fingerprint density at radius 3 is 1.83 bits per heavy atom. The van der Waals surface area contributed by atoms with Crippen LogP contribution < -0.4 is 0 Å². The van der Waals surface area contributed by atoms with Crippen LogP contribution in [-0.4, -0.2) is 4.98 Å². The largest absolute Gasteiger partial charge is 0.247 e. The summed E-state index contributed by atoms with van der Waals surface area (Å²) in [7, 11) is 0. The number of fused-ring (bicyclic) bond motifs is 4. The molecule has 0 amide bonds. The lowest BCUT2D eigenvalue weighted by Crippen LogP contribution is -2.28. The van der Waals surface area contributed by atoms with Crippen LogP contribution in [0.2, 0.25) is 0 Å². The Bertz CT molecular complexity index is 1300. The van der Waals surface area contributed by atoms with Crippen LogP contribution in [0.25, 0.3) is 22.2 Å². The van der Waals surface area contributed by atoms with Crippen molar-refractivity contribution in [3.05, 3.63) is 138 Å². The van der Waals surface area contributed by atoms with E-state index in [9.17, 15) is 0 Å². The normalized spacial score (nSPS) is 13.8. The first kappa shape index (κ1) is 16.3. The quantitative estimate of drug-likeness (QED) is 0.335. The fraction of sp³-hybridized carbons (Fsp3) is 0.0357. The number of para-hydroxylation sites is 1. The summed E-state index contributed by atoms with van der Waals surface area (Å²) in [6.07, 6.45) is 0. The minimum absolute atomic E-state index is 0.370. The van der Waals surface area contributed by atoms with Crippen molar-refractivity contribution in [3.63, 3.8) is 0 Å². The summed E-state index contributed by atoms with van der Waals surface area (Å²) in [6, 6.07) is 41.2. The van der Waals surface area contributed by atoms with Crippen molar-refractivity contribution < 1.29 is 0 Å². The van der Waals surface area contributed by atoms with E-state index in [0.29, 0.717) is 0 Å². The van der Waals surface area contributed by atoms with Gasteiger partial charge in [-0.3, -0.25) is 0 Å². The van der Waals surface area contributed by atoms with Gasteiger partial charge in [-0.2, -0.15) is 0 Å².